The average Bonchev–Trinajstić information content (AvgIpc) is 2.43. The van der Waals surface area contributed by atoms with Crippen LogP contribution in [0.2, 0.25) is 0 Å². The minimum atomic E-state index is -2.75. The molecule has 22 heavy (non-hydrogen) atoms. The zero-order valence-electron chi connectivity index (χ0n) is 11.9. The molecule has 8 heteroatoms. The van der Waals surface area contributed by atoms with Gasteiger partial charge in [0, 0.05) is 5.56 Å². The molecule has 0 fully saturated rings. The van der Waals surface area contributed by atoms with E-state index in [1.165, 1.54) is 13.8 Å². The van der Waals surface area contributed by atoms with Crippen molar-refractivity contribution >= 4 is 33.7 Å². The van der Waals surface area contributed by atoms with Crippen molar-refractivity contribution in [3.05, 3.63) is 47.6 Å². The van der Waals surface area contributed by atoms with Crippen LogP contribution in [-0.2, 0) is 22.2 Å². The van der Waals surface area contributed by atoms with Crippen molar-refractivity contribution in [2.45, 2.75) is 23.6 Å². The average molecular weight is 342 g/mol. The van der Waals surface area contributed by atoms with Gasteiger partial charge in [0.1, 0.15) is 0 Å². The molecule has 0 spiro atoms. The number of ketones is 2. The van der Waals surface area contributed by atoms with Gasteiger partial charge in [-0.3, -0.25) is 9.59 Å². The summed E-state index contributed by atoms with van der Waals surface area (Å²) in [4.78, 5) is 23.5. The van der Waals surface area contributed by atoms with Gasteiger partial charge < -0.3 is 9.11 Å². The lowest BCUT2D eigenvalue weighted by molar-refractivity contribution is 0.0996. The molecule has 0 amide bonds. The number of allylic oxidation sites excluding steroid dienone is 2. The first-order chi connectivity index (χ1) is 10.1. The first-order valence-corrected chi connectivity index (χ1v) is 8.10. The predicted octanol–water partition coefficient (Wildman–Crippen LogP) is 2.37. The Labute approximate surface area is 132 Å². The second-order valence-corrected chi connectivity index (χ2v) is 6.38. The van der Waals surface area contributed by atoms with E-state index < -0.39 is 49.1 Å². The van der Waals surface area contributed by atoms with Crippen LogP contribution in [0.25, 0.3) is 0 Å². The fourth-order valence-electron chi connectivity index (χ4n) is 1.73. The van der Waals surface area contributed by atoms with Gasteiger partial charge in [-0.2, -0.15) is 0 Å². The molecule has 1 aromatic carbocycles. The number of rotatable bonds is 6. The summed E-state index contributed by atoms with van der Waals surface area (Å²) in [6.07, 6.45) is 0. The van der Waals surface area contributed by atoms with Crippen molar-refractivity contribution in [3.63, 3.8) is 0 Å². The highest BCUT2D eigenvalue weighted by molar-refractivity contribution is 7.82. The van der Waals surface area contributed by atoms with Crippen LogP contribution in [0, 0.1) is 0 Å². The lowest BCUT2D eigenvalue weighted by Gasteiger charge is -2.14. The van der Waals surface area contributed by atoms with Gasteiger partial charge in [0.25, 0.3) is 0 Å². The molecule has 0 bridgehead atoms. The minimum absolute atomic E-state index is 0.0170. The molecule has 2 atom stereocenters. The van der Waals surface area contributed by atoms with Gasteiger partial charge in [-0.15, -0.1) is 0 Å². The number of hydrogen-bond donors (Lipinski definition) is 2. The predicted molar refractivity (Wildman–Crippen MR) is 82.8 cm³/mol. The SMILES string of the molecule is C=C(C)C(=O)c1ccc(S(=O)O)c(S(=O)O)c1C(=O)C(=C)C. The first kappa shape index (κ1) is 18.3. The first-order valence-electron chi connectivity index (χ1n) is 5.88. The summed E-state index contributed by atoms with van der Waals surface area (Å²) in [6, 6.07) is 2.22. The highest BCUT2D eigenvalue weighted by atomic mass is 32.2. The molecule has 0 radical (unpaired) electrons. The van der Waals surface area contributed by atoms with Crippen LogP contribution in [0.15, 0.2) is 46.2 Å². The third kappa shape index (κ3) is 3.53. The third-order valence-corrected chi connectivity index (χ3v) is 4.35. The maximum atomic E-state index is 12.3. The van der Waals surface area contributed by atoms with Crippen molar-refractivity contribution in [2.75, 3.05) is 0 Å². The molecule has 0 aliphatic heterocycles. The Morgan fingerprint density at radius 1 is 0.955 bits per heavy atom. The van der Waals surface area contributed by atoms with Crippen molar-refractivity contribution in [1.82, 2.24) is 0 Å². The highest BCUT2D eigenvalue weighted by Crippen LogP contribution is 2.28. The van der Waals surface area contributed by atoms with Crippen molar-refractivity contribution in [3.8, 4) is 0 Å². The van der Waals surface area contributed by atoms with Gasteiger partial charge in [0.05, 0.1) is 15.4 Å². The van der Waals surface area contributed by atoms with E-state index in [-0.39, 0.29) is 16.7 Å². The lowest BCUT2D eigenvalue weighted by Crippen LogP contribution is -2.16. The molecule has 0 saturated heterocycles. The van der Waals surface area contributed by atoms with Crippen LogP contribution in [0.3, 0.4) is 0 Å². The fourth-order valence-corrected chi connectivity index (χ4v) is 3.22. The summed E-state index contributed by atoms with van der Waals surface area (Å²) < 4.78 is 41.5. The zero-order chi connectivity index (χ0) is 17.2. The van der Waals surface area contributed by atoms with Gasteiger partial charge >= 0.3 is 0 Å². The number of carbonyl (C=O) groups is 2. The molecule has 1 aromatic rings. The molecular weight excluding hydrogens is 328 g/mol. The molecule has 0 aliphatic rings. The monoisotopic (exact) mass is 342 g/mol. The van der Waals surface area contributed by atoms with Crippen LogP contribution in [0.4, 0.5) is 0 Å². The van der Waals surface area contributed by atoms with Gasteiger partial charge in [-0.05, 0) is 37.1 Å². The van der Waals surface area contributed by atoms with E-state index in [2.05, 4.69) is 13.2 Å². The Hall–Kier alpha value is -1.74. The van der Waals surface area contributed by atoms with Crippen LogP contribution >= 0.6 is 0 Å². The highest BCUT2D eigenvalue weighted by Gasteiger charge is 2.28. The summed E-state index contributed by atoms with van der Waals surface area (Å²) in [6.45, 7) is 9.71. The van der Waals surface area contributed by atoms with Gasteiger partial charge in [-0.25, -0.2) is 8.42 Å². The Bertz CT molecular complexity index is 748. The minimum Gasteiger partial charge on any atom is -0.302 e. The Morgan fingerprint density at radius 3 is 1.82 bits per heavy atom. The molecule has 0 saturated carbocycles. The summed E-state index contributed by atoms with van der Waals surface area (Å²) in [5.41, 5.74) is -0.431. The molecule has 118 valence electrons. The lowest BCUT2D eigenvalue weighted by atomic mass is 9.94. The zero-order valence-corrected chi connectivity index (χ0v) is 13.5. The van der Waals surface area contributed by atoms with E-state index >= 15 is 0 Å². The standard InChI is InChI=1S/C14H14O6S2/c1-7(2)12(15)9-5-6-10(21(17)18)14(22(19)20)11(9)13(16)8(3)4/h5-6H,1,3H2,2,4H3,(H,17,18)(H,19,20). The quantitative estimate of drug-likeness (QED) is 0.467. The van der Waals surface area contributed by atoms with E-state index in [9.17, 15) is 27.1 Å². The van der Waals surface area contributed by atoms with Crippen LogP contribution < -0.4 is 0 Å². The number of benzene rings is 1. The van der Waals surface area contributed by atoms with Crippen molar-refractivity contribution in [1.29, 1.82) is 0 Å². The normalized spacial score (nSPS) is 13.3. The largest absolute Gasteiger partial charge is 0.302 e. The molecule has 2 N–H and O–H groups in total. The third-order valence-electron chi connectivity index (χ3n) is 2.73. The van der Waals surface area contributed by atoms with Gasteiger partial charge in [0.2, 0.25) is 0 Å². The van der Waals surface area contributed by atoms with Crippen molar-refractivity contribution in [2.24, 2.45) is 0 Å². The van der Waals surface area contributed by atoms with E-state index in [1.54, 1.807) is 0 Å². The Kier molecular flexibility index (Phi) is 5.84. The number of carbonyl (C=O) groups excluding carboxylic acids is 2. The summed E-state index contributed by atoms with van der Waals surface area (Å²) in [5.74, 6) is -1.36. The van der Waals surface area contributed by atoms with E-state index in [4.69, 9.17) is 0 Å². The summed E-state index contributed by atoms with van der Waals surface area (Å²) in [5, 5.41) is 0. The van der Waals surface area contributed by atoms with Crippen LogP contribution in [0.5, 0.6) is 0 Å². The number of Topliss-reactive ketones (excluding diaryl/α,β-unsaturated/α-hetero) is 2. The molecule has 0 aromatic heterocycles. The number of hydrogen-bond acceptors (Lipinski definition) is 4. The van der Waals surface area contributed by atoms with Crippen molar-refractivity contribution < 1.29 is 27.1 Å². The van der Waals surface area contributed by atoms with Crippen LogP contribution in [0.1, 0.15) is 34.6 Å². The Morgan fingerprint density at radius 2 is 1.45 bits per heavy atom. The summed E-state index contributed by atoms with van der Waals surface area (Å²) >= 11 is -5.35. The topological polar surface area (TPSA) is 109 Å². The summed E-state index contributed by atoms with van der Waals surface area (Å²) in [7, 11) is 0. The molecular formula is C14H14O6S2. The molecule has 0 heterocycles. The van der Waals surface area contributed by atoms with Gasteiger partial charge in [-0.1, -0.05) is 13.2 Å². The van der Waals surface area contributed by atoms with Gasteiger partial charge in [0.15, 0.2) is 33.7 Å². The molecule has 1 rings (SSSR count). The second-order valence-electron chi connectivity index (χ2n) is 4.53. The maximum Gasteiger partial charge on any atom is 0.190 e. The second kappa shape index (κ2) is 7.01. The Balaban J connectivity index is 3.94. The van der Waals surface area contributed by atoms with Crippen LogP contribution in [-0.4, -0.2) is 29.1 Å². The van der Waals surface area contributed by atoms with E-state index in [0.717, 1.165) is 12.1 Å². The molecule has 6 nitrogen and oxygen atoms in total. The molecule has 0 aliphatic carbocycles. The smallest absolute Gasteiger partial charge is 0.190 e. The van der Waals surface area contributed by atoms with E-state index in [0.29, 0.717) is 0 Å². The maximum absolute atomic E-state index is 12.3. The fraction of sp³-hybridized carbons (Fsp3) is 0.143. The molecule has 2 unspecified atom stereocenters. The van der Waals surface area contributed by atoms with E-state index in [1.807, 2.05) is 0 Å².